The van der Waals surface area contributed by atoms with E-state index in [2.05, 4.69) is 15.5 Å². The van der Waals surface area contributed by atoms with Gasteiger partial charge in [0.1, 0.15) is 5.82 Å². The van der Waals surface area contributed by atoms with E-state index in [-0.39, 0.29) is 12.3 Å². The Labute approximate surface area is 193 Å². The Hall–Kier alpha value is -3.67. The van der Waals surface area contributed by atoms with Crippen molar-refractivity contribution >= 4 is 35.2 Å². The van der Waals surface area contributed by atoms with Crippen molar-refractivity contribution in [2.75, 3.05) is 31.3 Å². The zero-order valence-electron chi connectivity index (χ0n) is 18.0. The average molecular weight is 476 g/mol. The fourth-order valence-corrected chi connectivity index (χ4v) is 3.52. The van der Waals surface area contributed by atoms with Crippen LogP contribution in [0.5, 0.6) is 0 Å². The van der Waals surface area contributed by atoms with Gasteiger partial charge in [0.05, 0.1) is 18.6 Å². The molecule has 12 heteroatoms. The van der Waals surface area contributed by atoms with Crippen LogP contribution in [0.4, 0.5) is 10.1 Å². The molecular formula is C21H22FN5O5S. The number of thioether (sulfide) groups is 1. The number of benzene rings is 1. The second-order valence-electron chi connectivity index (χ2n) is 6.78. The molecule has 33 heavy (non-hydrogen) atoms. The van der Waals surface area contributed by atoms with Gasteiger partial charge in [0, 0.05) is 19.3 Å². The van der Waals surface area contributed by atoms with Gasteiger partial charge < -0.3 is 19.4 Å². The first-order valence-electron chi connectivity index (χ1n) is 9.92. The summed E-state index contributed by atoms with van der Waals surface area (Å²) in [6.07, 6.45) is 1.54. The van der Waals surface area contributed by atoms with E-state index in [0.717, 1.165) is 16.7 Å². The highest BCUT2D eigenvalue weighted by Gasteiger charge is 2.18. The van der Waals surface area contributed by atoms with Crippen molar-refractivity contribution in [2.24, 2.45) is 0 Å². The van der Waals surface area contributed by atoms with Crippen LogP contribution in [0.1, 0.15) is 6.92 Å². The monoisotopic (exact) mass is 475 g/mol. The first-order valence-corrected chi connectivity index (χ1v) is 10.9. The first kappa shape index (κ1) is 24.0. The van der Waals surface area contributed by atoms with Crippen LogP contribution in [0.25, 0.3) is 11.6 Å². The molecule has 0 aliphatic carbocycles. The zero-order chi connectivity index (χ0) is 23.8. The molecule has 2 amide bonds. The number of furan rings is 1. The molecule has 3 rings (SSSR count). The van der Waals surface area contributed by atoms with Gasteiger partial charge in [0.15, 0.2) is 23.3 Å². The van der Waals surface area contributed by atoms with Gasteiger partial charge in [-0.15, -0.1) is 10.2 Å². The molecular weight excluding hydrogens is 453 g/mol. The Morgan fingerprint density at radius 1 is 1.21 bits per heavy atom. The third kappa shape index (κ3) is 6.65. The Bertz CT molecular complexity index is 1100. The Morgan fingerprint density at radius 3 is 2.64 bits per heavy atom. The van der Waals surface area contributed by atoms with E-state index in [0.29, 0.717) is 29.0 Å². The van der Waals surface area contributed by atoms with E-state index < -0.39 is 30.2 Å². The number of nitrogens with zero attached hydrogens (tertiary/aromatic N) is 4. The zero-order valence-corrected chi connectivity index (χ0v) is 18.8. The van der Waals surface area contributed by atoms with E-state index in [1.807, 2.05) is 6.92 Å². The lowest BCUT2D eigenvalue weighted by atomic mass is 10.3. The third-order valence-electron chi connectivity index (χ3n) is 4.38. The van der Waals surface area contributed by atoms with E-state index in [4.69, 9.17) is 9.15 Å². The number of carbonyl (C=O) groups is 3. The molecule has 2 aromatic heterocycles. The molecule has 0 saturated carbocycles. The molecule has 0 spiro atoms. The van der Waals surface area contributed by atoms with Gasteiger partial charge in [0.25, 0.3) is 5.91 Å². The third-order valence-corrected chi connectivity index (χ3v) is 5.33. The van der Waals surface area contributed by atoms with Crippen LogP contribution >= 0.6 is 11.8 Å². The number of likely N-dealkylation sites (N-methyl/N-ethyl adjacent to an activating group) is 1. The van der Waals surface area contributed by atoms with Crippen LogP contribution in [0.2, 0.25) is 0 Å². The minimum Gasteiger partial charge on any atom is -0.461 e. The molecule has 0 aliphatic rings. The number of amides is 2. The molecule has 0 radical (unpaired) electrons. The molecule has 3 aromatic rings. The first-order chi connectivity index (χ1) is 15.9. The summed E-state index contributed by atoms with van der Waals surface area (Å²) in [6, 6.07) is 8.75. The lowest BCUT2D eigenvalue weighted by molar-refractivity contribution is -0.149. The lowest BCUT2D eigenvalue weighted by Crippen LogP contribution is -2.37. The Kier molecular flexibility index (Phi) is 8.19. The predicted molar refractivity (Wildman–Crippen MR) is 118 cm³/mol. The summed E-state index contributed by atoms with van der Waals surface area (Å²) in [6.45, 7) is 1.73. The molecule has 0 unspecified atom stereocenters. The molecule has 0 atom stereocenters. The molecule has 2 heterocycles. The minimum absolute atomic E-state index is 0.0711. The summed E-state index contributed by atoms with van der Waals surface area (Å²) in [5.74, 6) is -0.996. The van der Waals surface area contributed by atoms with Crippen molar-refractivity contribution < 1.29 is 27.9 Å². The van der Waals surface area contributed by atoms with Crippen LogP contribution in [0.15, 0.2) is 52.2 Å². The van der Waals surface area contributed by atoms with Crippen LogP contribution in [0.3, 0.4) is 0 Å². The number of aromatic nitrogens is 3. The number of esters is 1. The van der Waals surface area contributed by atoms with Crippen molar-refractivity contribution in [3.05, 3.63) is 48.5 Å². The number of halogens is 1. The summed E-state index contributed by atoms with van der Waals surface area (Å²) in [4.78, 5) is 37.4. The number of ether oxygens (including phenoxy) is 1. The number of nitrogens with one attached hydrogen (secondary N) is 1. The number of rotatable bonds is 10. The maximum absolute atomic E-state index is 12.9. The lowest BCUT2D eigenvalue weighted by Gasteiger charge is -2.16. The standard InChI is InChI=1S/C21H22FN5O5S/c1-3-27-20(16-5-4-10-31-16)24-25-21(27)33-13-19(30)32-12-18(29)26(2)11-17(28)23-15-8-6-14(22)7-9-15/h4-10H,3,11-13H2,1-2H3,(H,23,28). The second-order valence-corrected chi connectivity index (χ2v) is 7.72. The van der Waals surface area contributed by atoms with Crippen LogP contribution < -0.4 is 5.32 Å². The van der Waals surface area contributed by atoms with Gasteiger partial charge in [-0.05, 0) is 43.3 Å². The van der Waals surface area contributed by atoms with Crippen LogP contribution in [-0.4, -0.2) is 63.4 Å². The van der Waals surface area contributed by atoms with E-state index in [1.165, 1.54) is 37.6 Å². The molecule has 0 fully saturated rings. The topological polar surface area (TPSA) is 120 Å². The normalized spacial score (nSPS) is 10.6. The maximum Gasteiger partial charge on any atom is 0.316 e. The minimum atomic E-state index is -0.609. The molecule has 1 N–H and O–H groups in total. The predicted octanol–water partition coefficient (Wildman–Crippen LogP) is 2.43. The summed E-state index contributed by atoms with van der Waals surface area (Å²) >= 11 is 1.13. The van der Waals surface area contributed by atoms with Crippen molar-refractivity contribution in [3.8, 4) is 11.6 Å². The number of hydrogen-bond acceptors (Lipinski definition) is 8. The molecule has 0 aliphatic heterocycles. The largest absolute Gasteiger partial charge is 0.461 e. The summed E-state index contributed by atoms with van der Waals surface area (Å²) < 4.78 is 25.1. The van der Waals surface area contributed by atoms with Crippen molar-refractivity contribution in [1.29, 1.82) is 0 Å². The molecule has 0 saturated heterocycles. The van der Waals surface area contributed by atoms with Crippen molar-refractivity contribution in [3.63, 3.8) is 0 Å². The SMILES string of the molecule is CCn1c(SCC(=O)OCC(=O)N(C)CC(=O)Nc2ccc(F)cc2)nnc1-c1ccco1. The van der Waals surface area contributed by atoms with Crippen molar-refractivity contribution in [2.45, 2.75) is 18.6 Å². The number of anilines is 1. The molecule has 0 bridgehead atoms. The Balaban J connectivity index is 1.42. The summed E-state index contributed by atoms with van der Waals surface area (Å²) in [7, 11) is 1.41. The highest BCUT2D eigenvalue weighted by atomic mass is 32.2. The van der Waals surface area contributed by atoms with Crippen molar-refractivity contribution in [1.82, 2.24) is 19.7 Å². The molecule has 174 valence electrons. The van der Waals surface area contributed by atoms with E-state index >= 15 is 0 Å². The summed E-state index contributed by atoms with van der Waals surface area (Å²) in [5.41, 5.74) is 0.404. The summed E-state index contributed by atoms with van der Waals surface area (Å²) in [5, 5.41) is 11.2. The van der Waals surface area contributed by atoms with E-state index in [1.54, 1.807) is 16.7 Å². The Morgan fingerprint density at radius 2 is 1.97 bits per heavy atom. The van der Waals surface area contributed by atoms with Gasteiger partial charge >= 0.3 is 5.97 Å². The molecule has 1 aromatic carbocycles. The quantitative estimate of drug-likeness (QED) is 0.351. The molecule has 10 nitrogen and oxygen atoms in total. The van der Waals surface area contributed by atoms with Gasteiger partial charge in [0.2, 0.25) is 5.91 Å². The fraction of sp³-hybridized carbons (Fsp3) is 0.286. The van der Waals surface area contributed by atoms with Gasteiger partial charge in [-0.25, -0.2) is 4.39 Å². The van der Waals surface area contributed by atoms with Crippen LogP contribution in [0, 0.1) is 5.82 Å². The van der Waals surface area contributed by atoms with Gasteiger partial charge in [-0.1, -0.05) is 11.8 Å². The smallest absolute Gasteiger partial charge is 0.316 e. The van der Waals surface area contributed by atoms with E-state index in [9.17, 15) is 18.8 Å². The number of hydrogen-bond donors (Lipinski definition) is 1. The van der Waals surface area contributed by atoms with Gasteiger partial charge in [-0.3, -0.25) is 19.0 Å². The van der Waals surface area contributed by atoms with Gasteiger partial charge in [-0.2, -0.15) is 0 Å². The highest BCUT2D eigenvalue weighted by Crippen LogP contribution is 2.24. The highest BCUT2D eigenvalue weighted by molar-refractivity contribution is 7.99. The maximum atomic E-state index is 12.9. The fourth-order valence-electron chi connectivity index (χ4n) is 2.72. The van der Waals surface area contributed by atoms with Crippen LogP contribution in [-0.2, 0) is 25.7 Å². The second kappa shape index (κ2) is 11.3. The average Bonchev–Trinajstić information content (AvgIpc) is 3.46. The number of carbonyl (C=O) groups excluding carboxylic acids is 3.